The second-order valence-corrected chi connectivity index (χ2v) is 5.99. The SMILES string of the molecule is Cc1cc(OC(=O)C2CCCO2)cc2c1C(=O)/C(=C/c1ccco1)O2. The van der Waals surface area contributed by atoms with Crippen LogP contribution in [0.4, 0.5) is 0 Å². The van der Waals surface area contributed by atoms with E-state index in [1.807, 2.05) is 0 Å². The molecule has 0 bridgehead atoms. The highest BCUT2D eigenvalue weighted by Crippen LogP contribution is 2.37. The highest BCUT2D eigenvalue weighted by Gasteiger charge is 2.31. The van der Waals surface area contributed by atoms with Gasteiger partial charge in [-0.3, -0.25) is 4.79 Å². The molecule has 1 unspecified atom stereocenters. The van der Waals surface area contributed by atoms with Crippen molar-refractivity contribution in [1.29, 1.82) is 0 Å². The van der Waals surface area contributed by atoms with Crippen molar-refractivity contribution in [3.63, 3.8) is 0 Å². The Morgan fingerprint density at radius 1 is 1.36 bits per heavy atom. The van der Waals surface area contributed by atoms with E-state index in [0.717, 1.165) is 6.42 Å². The van der Waals surface area contributed by atoms with Crippen LogP contribution in [0.5, 0.6) is 11.5 Å². The van der Waals surface area contributed by atoms with Gasteiger partial charge in [0.1, 0.15) is 17.3 Å². The van der Waals surface area contributed by atoms with Gasteiger partial charge in [-0.15, -0.1) is 0 Å². The Hall–Kier alpha value is -2.86. The number of aryl methyl sites for hydroxylation is 1. The molecule has 6 nitrogen and oxygen atoms in total. The van der Waals surface area contributed by atoms with Crippen LogP contribution in [-0.4, -0.2) is 24.5 Å². The van der Waals surface area contributed by atoms with Crippen molar-refractivity contribution in [3.8, 4) is 11.5 Å². The van der Waals surface area contributed by atoms with Crippen LogP contribution < -0.4 is 9.47 Å². The highest BCUT2D eigenvalue weighted by molar-refractivity contribution is 6.15. The smallest absolute Gasteiger partial charge is 0.340 e. The van der Waals surface area contributed by atoms with E-state index in [-0.39, 0.29) is 11.5 Å². The molecule has 3 heterocycles. The number of ether oxygens (including phenoxy) is 3. The first-order valence-electron chi connectivity index (χ1n) is 8.07. The molecule has 1 fully saturated rings. The lowest BCUT2D eigenvalue weighted by atomic mass is 10.0. The zero-order valence-electron chi connectivity index (χ0n) is 13.6. The van der Waals surface area contributed by atoms with Crippen LogP contribution in [0.15, 0.2) is 40.7 Å². The van der Waals surface area contributed by atoms with Crippen LogP contribution in [-0.2, 0) is 9.53 Å². The maximum absolute atomic E-state index is 12.5. The van der Waals surface area contributed by atoms with Crippen LogP contribution >= 0.6 is 0 Å². The van der Waals surface area contributed by atoms with Gasteiger partial charge >= 0.3 is 5.97 Å². The van der Waals surface area contributed by atoms with Gasteiger partial charge in [-0.1, -0.05) is 0 Å². The Kier molecular flexibility index (Phi) is 3.89. The number of hydrogen-bond donors (Lipinski definition) is 0. The van der Waals surface area contributed by atoms with E-state index in [4.69, 9.17) is 18.6 Å². The van der Waals surface area contributed by atoms with Crippen molar-refractivity contribution < 1.29 is 28.2 Å². The molecule has 0 saturated carbocycles. The summed E-state index contributed by atoms with van der Waals surface area (Å²) in [5.74, 6) is 0.768. The van der Waals surface area contributed by atoms with Gasteiger partial charge in [-0.25, -0.2) is 4.79 Å². The number of rotatable bonds is 3. The third kappa shape index (κ3) is 2.96. The first-order chi connectivity index (χ1) is 12.1. The van der Waals surface area contributed by atoms with E-state index in [0.29, 0.717) is 41.4 Å². The number of benzene rings is 1. The van der Waals surface area contributed by atoms with Crippen molar-refractivity contribution >= 4 is 17.8 Å². The maximum Gasteiger partial charge on any atom is 0.340 e. The molecule has 1 aromatic carbocycles. The Labute approximate surface area is 144 Å². The van der Waals surface area contributed by atoms with E-state index in [9.17, 15) is 9.59 Å². The van der Waals surface area contributed by atoms with E-state index in [1.165, 1.54) is 6.26 Å². The Bertz CT molecular complexity index is 856. The molecule has 2 aliphatic heterocycles. The van der Waals surface area contributed by atoms with Crippen molar-refractivity contribution in [2.24, 2.45) is 0 Å². The van der Waals surface area contributed by atoms with Crippen LogP contribution in [0.3, 0.4) is 0 Å². The van der Waals surface area contributed by atoms with Crippen molar-refractivity contribution in [3.05, 3.63) is 53.2 Å². The molecular formula is C19H16O6. The molecular weight excluding hydrogens is 324 g/mol. The van der Waals surface area contributed by atoms with E-state index >= 15 is 0 Å². The normalized spacial score (nSPS) is 20.6. The second kappa shape index (κ2) is 6.22. The minimum absolute atomic E-state index is 0.177. The summed E-state index contributed by atoms with van der Waals surface area (Å²) < 4.78 is 21.6. The quantitative estimate of drug-likeness (QED) is 0.485. The molecule has 1 aromatic heterocycles. The Balaban J connectivity index is 1.59. The van der Waals surface area contributed by atoms with Gasteiger partial charge in [0.15, 0.2) is 11.9 Å². The predicted molar refractivity (Wildman–Crippen MR) is 87.4 cm³/mol. The minimum atomic E-state index is -0.523. The summed E-state index contributed by atoms with van der Waals surface area (Å²) in [4.78, 5) is 24.6. The average Bonchev–Trinajstić information content (AvgIpc) is 3.31. The van der Waals surface area contributed by atoms with Gasteiger partial charge in [0.25, 0.3) is 0 Å². The minimum Gasteiger partial charge on any atom is -0.465 e. The fourth-order valence-electron chi connectivity index (χ4n) is 2.98. The number of carbonyl (C=O) groups is 2. The van der Waals surface area contributed by atoms with Gasteiger partial charge in [-0.2, -0.15) is 0 Å². The summed E-state index contributed by atoms with van der Waals surface area (Å²) in [6.07, 6.45) is 4.05. The van der Waals surface area contributed by atoms with Crippen LogP contribution in [0, 0.1) is 6.92 Å². The summed E-state index contributed by atoms with van der Waals surface area (Å²) in [7, 11) is 0. The lowest BCUT2D eigenvalue weighted by molar-refractivity contribution is -0.144. The first-order valence-corrected chi connectivity index (χ1v) is 8.07. The number of allylic oxidation sites excluding steroid dienone is 1. The molecule has 1 saturated heterocycles. The number of esters is 1. The topological polar surface area (TPSA) is 75.0 Å². The number of carbonyl (C=O) groups excluding carboxylic acids is 2. The van der Waals surface area contributed by atoms with Crippen molar-refractivity contribution in [1.82, 2.24) is 0 Å². The second-order valence-electron chi connectivity index (χ2n) is 5.99. The zero-order chi connectivity index (χ0) is 17.4. The molecule has 0 radical (unpaired) electrons. The molecule has 6 heteroatoms. The van der Waals surface area contributed by atoms with Crippen LogP contribution in [0.25, 0.3) is 6.08 Å². The predicted octanol–water partition coefficient (Wildman–Crippen LogP) is 3.29. The number of ketones is 1. The largest absolute Gasteiger partial charge is 0.465 e. The zero-order valence-corrected chi connectivity index (χ0v) is 13.6. The van der Waals surface area contributed by atoms with E-state index in [1.54, 1.807) is 37.3 Å². The Morgan fingerprint density at radius 2 is 2.24 bits per heavy atom. The first kappa shape index (κ1) is 15.7. The molecule has 128 valence electrons. The average molecular weight is 340 g/mol. The van der Waals surface area contributed by atoms with Crippen molar-refractivity contribution in [2.75, 3.05) is 6.61 Å². The molecule has 0 aliphatic carbocycles. The number of furan rings is 1. The lowest BCUT2D eigenvalue weighted by Gasteiger charge is -2.11. The summed E-state index contributed by atoms with van der Waals surface area (Å²) in [5, 5.41) is 0. The van der Waals surface area contributed by atoms with Gasteiger partial charge < -0.3 is 18.6 Å². The standard InChI is InChI=1S/C19H16O6/c1-11-8-13(24-19(21)14-5-3-7-23-14)10-15-17(11)18(20)16(25-15)9-12-4-2-6-22-12/h2,4,6,8-10,14H,3,5,7H2,1H3/b16-9-. The highest BCUT2D eigenvalue weighted by atomic mass is 16.6. The van der Waals surface area contributed by atoms with Gasteiger partial charge in [0.05, 0.1) is 11.8 Å². The fourth-order valence-corrected chi connectivity index (χ4v) is 2.98. The molecule has 4 rings (SSSR count). The van der Waals surface area contributed by atoms with Gasteiger partial charge in [0, 0.05) is 18.7 Å². The van der Waals surface area contributed by atoms with Gasteiger partial charge in [0.2, 0.25) is 5.78 Å². The van der Waals surface area contributed by atoms with Crippen LogP contribution in [0.1, 0.15) is 34.5 Å². The monoisotopic (exact) mass is 340 g/mol. The van der Waals surface area contributed by atoms with Crippen molar-refractivity contribution in [2.45, 2.75) is 25.9 Å². The lowest BCUT2D eigenvalue weighted by Crippen LogP contribution is -2.24. The summed E-state index contributed by atoms with van der Waals surface area (Å²) in [6, 6.07) is 6.67. The molecule has 0 amide bonds. The number of fused-ring (bicyclic) bond motifs is 1. The molecule has 2 aromatic rings. The van der Waals surface area contributed by atoms with Gasteiger partial charge in [-0.05, 0) is 43.5 Å². The third-order valence-electron chi connectivity index (χ3n) is 4.17. The molecule has 25 heavy (non-hydrogen) atoms. The summed E-state index contributed by atoms with van der Waals surface area (Å²) in [5.41, 5.74) is 1.15. The molecule has 0 spiro atoms. The fraction of sp³-hybridized carbons (Fsp3) is 0.263. The van der Waals surface area contributed by atoms with E-state index < -0.39 is 12.1 Å². The maximum atomic E-state index is 12.5. The number of hydrogen-bond acceptors (Lipinski definition) is 6. The van der Waals surface area contributed by atoms with Crippen LogP contribution in [0.2, 0.25) is 0 Å². The molecule has 2 aliphatic rings. The number of Topliss-reactive ketones (excluding diaryl/α,β-unsaturated/α-hetero) is 1. The summed E-state index contributed by atoms with van der Waals surface area (Å²) in [6.45, 7) is 2.35. The summed E-state index contributed by atoms with van der Waals surface area (Å²) >= 11 is 0. The molecule has 0 N–H and O–H groups in total. The Morgan fingerprint density at radius 3 is 2.96 bits per heavy atom. The molecule has 1 atom stereocenters. The van der Waals surface area contributed by atoms with E-state index in [2.05, 4.69) is 0 Å². The third-order valence-corrected chi connectivity index (χ3v) is 4.17.